The van der Waals surface area contributed by atoms with Crippen LogP contribution in [0.3, 0.4) is 0 Å². The summed E-state index contributed by atoms with van der Waals surface area (Å²) in [5, 5.41) is 13.4. The molecule has 2 aromatic carbocycles. The van der Waals surface area contributed by atoms with Crippen molar-refractivity contribution >= 4 is 40.9 Å². The van der Waals surface area contributed by atoms with Gasteiger partial charge >= 0.3 is 0 Å². The number of carbonyl (C=O) groups is 1. The van der Waals surface area contributed by atoms with Crippen LogP contribution < -0.4 is 10.1 Å². The number of aromatic hydroxyl groups is 1. The van der Waals surface area contributed by atoms with E-state index in [0.717, 1.165) is 5.56 Å². The Morgan fingerprint density at radius 1 is 1.31 bits per heavy atom. The van der Waals surface area contributed by atoms with Gasteiger partial charge in [0, 0.05) is 0 Å². The first-order chi connectivity index (χ1) is 12.5. The molecule has 1 heterocycles. The van der Waals surface area contributed by atoms with E-state index in [1.54, 1.807) is 25.1 Å². The van der Waals surface area contributed by atoms with Gasteiger partial charge in [-0.15, -0.1) is 0 Å². The highest BCUT2D eigenvalue weighted by Gasteiger charge is 2.30. The Hall–Kier alpha value is -2.57. The standard InChI is InChI=1S/C19H17ClN2O3S/c1-2-25-16-10-13(8-14(20)17(16)23)9-15-18(24)22(19(26)21-15)11-12-6-4-3-5-7-12/h3-10,23H,2,11H2,1H3,(H,21,26). The minimum atomic E-state index is -0.221. The Morgan fingerprint density at radius 2 is 2.04 bits per heavy atom. The van der Waals surface area contributed by atoms with Gasteiger partial charge < -0.3 is 15.2 Å². The molecule has 1 saturated heterocycles. The summed E-state index contributed by atoms with van der Waals surface area (Å²) >= 11 is 11.3. The van der Waals surface area contributed by atoms with Crippen LogP contribution in [0.2, 0.25) is 5.02 Å². The summed E-state index contributed by atoms with van der Waals surface area (Å²) in [5.74, 6) is -0.0791. The highest BCUT2D eigenvalue weighted by Crippen LogP contribution is 2.36. The van der Waals surface area contributed by atoms with E-state index in [0.29, 0.717) is 29.5 Å². The molecular formula is C19H17ClN2O3S. The van der Waals surface area contributed by atoms with Gasteiger partial charge in [0.25, 0.3) is 5.91 Å². The third kappa shape index (κ3) is 3.81. The van der Waals surface area contributed by atoms with E-state index in [2.05, 4.69) is 5.32 Å². The fourth-order valence-corrected chi connectivity index (χ4v) is 3.07. The number of rotatable bonds is 5. The molecule has 0 aromatic heterocycles. The van der Waals surface area contributed by atoms with Crippen molar-refractivity contribution in [2.75, 3.05) is 6.61 Å². The van der Waals surface area contributed by atoms with E-state index in [-0.39, 0.29) is 22.4 Å². The second-order valence-electron chi connectivity index (χ2n) is 5.65. The zero-order valence-corrected chi connectivity index (χ0v) is 15.6. The van der Waals surface area contributed by atoms with Crippen LogP contribution in [0, 0.1) is 0 Å². The average Bonchev–Trinajstić information content (AvgIpc) is 2.88. The second-order valence-corrected chi connectivity index (χ2v) is 6.44. The molecule has 0 bridgehead atoms. The van der Waals surface area contributed by atoms with Crippen LogP contribution in [0.5, 0.6) is 11.5 Å². The maximum absolute atomic E-state index is 12.7. The molecule has 26 heavy (non-hydrogen) atoms. The zero-order valence-electron chi connectivity index (χ0n) is 14.0. The fourth-order valence-electron chi connectivity index (χ4n) is 2.59. The maximum Gasteiger partial charge on any atom is 0.276 e. The molecule has 1 fully saturated rings. The summed E-state index contributed by atoms with van der Waals surface area (Å²) < 4.78 is 5.37. The van der Waals surface area contributed by atoms with Gasteiger partial charge in [0.05, 0.1) is 18.2 Å². The fraction of sp³-hybridized carbons (Fsp3) is 0.158. The van der Waals surface area contributed by atoms with Crippen molar-refractivity contribution in [1.29, 1.82) is 0 Å². The van der Waals surface area contributed by atoms with Gasteiger partial charge in [0.1, 0.15) is 5.70 Å². The van der Waals surface area contributed by atoms with Gasteiger partial charge in [-0.25, -0.2) is 0 Å². The Balaban J connectivity index is 1.86. The van der Waals surface area contributed by atoms with E-state index in [4.69, 9.17) is 28.6 Å². The summed E-state index contributed by atoms with van der Waals surface area (Å²) in [6, 6.07) is 12.8. The molecule has 0 saturated carbocycles. The van der Waals surface area contributed by atoms with E-state index >= 15 is 0 Å². The number of phenolic OH excluding ortho intramolecular Hbond substituents is 1. The smallest absolute Gasteiger partial charge is 0.276 e. The van der Waals surface area contributed by atoms with Gasteiger partial charge in [-0.3, -0.25) is 9.69 Å². The van der Waals surface area contributed by atoms with Gasteiger partial charge in [0.2, 0.25) is 0 Å². The van der Waals surface area contributed by atoms with Crippen molar-refractivity contribution in [3.8, 4) is 11.5 Å². The minimum absolute atomic E-state index is 0.123. The number of hydrogen-bond donors (Lipinski definition) is 2. The Kier molecular flexibility index (Phi) is 5.44. The van der Waals surface area contributed by atoms with Crippen LogP contribution in [0.4, 0.5) is 0 Å². The van der Waals surface area contributed by atoms with Crippen molar-refractivity contribution in [1.82, 2.24) is 10.2 Å². The Bertz CT molecular complexity index is 884. The number of hydrogen-bond acceptors (Lipinski definition) is 4. The predicted molar refractivity (Wildman–Crippen MR) is 105 cm³/mol. The molecule has 0 spiro atoms. The number of nitrogens with zero attached hydrogens (tertiary/aromatic N) is 1. The van der Waals surface area contributed by atoms with Crippen LogP contribution in [-0.2, 0) is 11.3 Å². The number of nitrogens with one attached hydrogen (secondary N) is 1. The summed E-state index contributed by atoms with van der Waals surface area (Å²) in [4.78, 5) is 14.2. The molecule has 7 heteroatoms. The summed E-state index contributed by atoms with van der Waals surface area (Å²) in [6.45, 7) is 2.58. The van der Waals surface area contributed by atoms with Gasteiger partial charge in [0.15, 0.2) is 16.6 Å². The zero-order chi connectivity index (χ0) is 18.7. The molecule has 0 unspecified atom stereocenters. The number of thiocarbonyl (C=S) groups is 1. The van der Waals surface area contributed by atoms with Crippen molar-refractivity contribution in [3.05, 3.63) is 64.3 Å². The van der Waals surface area contributed by atoms with E-state index in [9.17, 15) is 9.90 Å². The first-order valence-corrected chi connectivity index (χ1v) is 8.82. The number of ether oxygens (including phenoxy) is 1. The van der Waals surface area contributed by atoms with E-state index in [1.165, 1.54) is 4.90 Å². The lowest BCUT2D eigenvalue weighted by atomic mass is 10.1. The largest absolute Gasteiger partial charge is 0.503 e. The summed E-state index contributed by atoms with van der Waals surface area (Å²) in [7, 11) is 0. The SMILES string of the molecule is CCOc1cc(C=C2NC(=S)N(Cc3ccccc3)C2=O)cc(Cl)c1O. The normalized spacial score (nSPS) is 15.5. The van der Waals surface area contributed by atoms with Crippen LogP contribution in [0.1, 0.15) is 18.1 Å². The highest BCUT2D eigenvalue weighted by molar-refractivity contribution is 7.80. The molecule has 2 aromatic rings. The third-order valence-electron chi connectivity index (χ3n) is 3.81. The molecule has 2 N–H and O–H groups in total. The van der Waals surface area contributed by atoms with Crippen molar-refractivity contribution < 1.29 is 14.6 Å². The van der Waals surface area contributed by atoms with Crippen LogP contribution in [0.15, 0.2) is 48.2 Å². The highest BCUT2D eigenvalue weighted by atomic mass is 35.5. The van der Waals surface area contributed by atoms with Crippen LogP contribution in [0.25, 0.3) is 6.08 Å². The van der Waals surface area contributed by atoms with Gasteiger partial charge in [-0.1, -0.05) is 41.9 Å². The molecular weight excluding hydrogens is 372 g/mol. The number of phenols is 1. The van der Waals surface area contributed by atoms with Crippen molar-refractivity contribution in [2.45, 2.75) is 13.5 Å². The minimum Gasteiger partial charge on any atom is -0.503 e. The molecule has 5 nitrogen and oxygen atoms in total. The maximum atomic E-state index is 12.7. The monoisotopic (exact) mass is 388 g/mol. The van der Waals surface area contributed by atoms with Gasteiger partial charge in [-0.05, 0) is 48.5 Å². The van der Waals surface area contributed by atoms with Crippen LogP contribution >= 0.6 is 23.8 Å². The van der Waals surface area contributed by atoms with Crippen molar-refractivity contribution in [2.24, 2.45) is 0 Å². The Morgan fingerprint density at radius 3 is 2.73 bits per heavy atom. The topological polar surface area (TPSA) is 61.8 Å². The Labute approximate surface area is 161 Å². The molecule has 0 atom stereocenters. The molecule has 134 valence electrons. The molecule has 1 aliphatic heterocycles. The third-order valence-corrected chi connectivity index (χ3v) is 4.42. The van der Waals surface area contributed by atoms with Crippen LogP contribution in [-0.4, -0.2) is 27.6 Å². The predicted octanol–water partition coefficient (Wildman–Crippen LogP) is 3.70. The lowest BCUT2D eigenvalue weighted by Gasteiger charge is -2.13. The second kappa shape index (κ2) is 7.76. The lowest BCUT2D eigenvalue weighted by molar-refractivity contribution is -0.122. The molecule has 0 aliphatic carbocycles. The van der Waals surface area contributed by atoms with E-state index in [1.807, 2.05) is 30.3 Å². The number of carbonyl (C=O) groups excluding carboxylic acids is 1. The summed E-state index contributed by atoms with van der Waals surface area (Å²) in [5.41, 5.74) is 1.95. The first kappa shape index (κ1) is 18.2. The molecule has 1 amide bonds. The quantitative estimate of drug-likeness (QED) is 0.604. The molecule has 1 aliphatic rings. The van der Waals surface area contributed by atoms with Gasteiger partial charge in [-0.2, -0.15) is 0 Å². The number of benzene rings is 2. The number of halogens is 1. The van der Waals surface area contributed by atoms with Crippen molar-refractivity contribution in [3.63, 3.8) is 0 Å². The first-order valence-electron chi connectivity index (χ1n) is 8.03. The lowest BCUT2D eigenvalue weighted by Crippen LogP contribution is -2.29. The number of amides is 1. The molecule has 3 rings (SSSR count). The average molecular weight is 389 g/mol. The summed E-state index contributed by atoms with van der Waals surface area (Å²) in [6.07, 6.45) is 1.63. The molecule has 0 radical (unpaired) electrons. The van der Waals surface area contributed by atoms with E-state index < -0.39 is 0 Å².